The highest BCUT2D eigenvalue weighted by Gasteiger charge is 2.21. The quantitative estimate of drug-likeness (QED) is 0.567. The lowest BCUT2D eigenvalue weighted by Crippen LogP contribution is -2.29. The monoisotopic (exact) mass is 437 g/mol. The molecule has 0 saturated heterocycles. The van der Waals surface area contributed by atoms with E-state index in [1.807, 2.05) is 0 Å². The molecule has 31 heavy (non-hydrogen) atoms. The van der Waals surface area contributed by atoms with Crippen molar-refractivity contribution in [3.05, 3.63) is 59.2 Å². The largest absolute Gasteiger partial charge is 0.493 e. The summed E-state index contributed by atoms with van der Waals surface area (Å²) in [6, 6.07) is 7.76. The maximum atomic E-state index is 13.7. The second kappa shape index (κ2) is 11.3. The average molecular weight is 437 g/mol. The molecule has 9 heteroatoms. The summed E-state index contributed by atoms with van der Waals surface area (Å²) in [6.07, 6.45) is -2.12. The molecule has 2 aromatic carbocycles. The van der Waals surface area contributed by atoms with Gasteiger partial charge in [-0.15, -0.1) is 0 Å². The molecular formula is C22H25F2NO6. The lowest BCUT2D eigenvalue weighted by molar-refractivity contribution is -0.153. The van der Waals surface area contributed by atoms with Crippen LogP contribution in [0.25, 0.3) is 0 Å². The number of aliphatic carboxylic acids is 1. The average Bonchev–Trinajstić information content (AvgIpc) is 2.69. The van der Waals surface area contributed by atoms with Crippen molar-refractivity contribution in [2.75, 3.05) is 11.9 Å². The normalized spacial score (nSPS) is 11.8. The molecule has 0 fully saturated rings. The minimum absolute atomic E-state index is 0.111. The number of carboxylic acids is 1. The summed E-state index contributed by atoms with van der Waals surface area (Å²) in [5, 5.41) is 11.6. The lowest BCUT2D eigenvalue weighted by Gasteiger charge is -2.18. The number of ether oxygens (including phenoxy) is 3. The first-order chi connectivity index (χ1) is 14.7. The lowest BCUT2D eigenvalue weighted by atomic mass is 10.0. The number of benzene rings is 2. The van der Waals surface area contributed by atoms with Gasteiger partial charge in [-0.2, -0.15) is 0 Å². The van der Waals surface area contributed by atoms with E-state index in [1.54, 1.807) is 39.0 Å². The minimum Gasteiger partial charge on any atom is -0.493 e. The van der Waals surface area contributed by atoms with Gasteiger partial charge in [0, 0.05) is 18.1 Å². The van der Waals surface area contributed by atoms with Crippen molar-refractivity contribution in [3.63, 3.8) is 0 Å². The van der Waals surface area contributed by atoms with E-state index in [2.05, 4.69) is 5.32 Å². The molecule has 168 valence electrons. The van der Waals surface area contributed by atoms with Crippen LogP contribution >= 0.6 is 0 Å². The summed E-state index contributed by atoms with van der Waals surface area (Å²) in [6.45, 7) is 5.44. The van der Waals surface area contributed by atoms with E-state index in [0.717, 1.165) is 12.1 Å². The van der Waals surface area contributed by atoms with Gasteiger partial charge in [-0.25, -0.2) is 18.4 Å². The highest BCUT2D eigenvalue weighted by Crippen LogP contribution is 2.23. The van der Waals surface area contributed by atoms with E-state index in [0.29, 0.717) is 29.5 Å². The Morgan fingerprint density at radius 2 is 1.87 bits per heavy atom. The number of hydrogen-bond donors (Lipinski definition) is 2. The fraction of sp³-hybridized carbons (Fsp3) is 0.364. The van der Waals surface area contributed by atoms with Crippen LogP contribution in [-0.4, -0.2) is 36.0 Å². The number of carboxylic acid groups (broad SMARTS) is 1. The van der Waals surface area contributed by atoms with Gasteiger partial charge in [0.25, 0.3) is 0 Å². The zero-order valence-electron chi connectivity index (χ0n) is 17.5. The molecule has 0 aliphatic heterocycles. The van der Waals surface area contributed by atoms with Crippen LogP contribution in [0.4, 0.5) is 19.3 Å². The second-order valence-electron chi connectivity index (χ2n) is 6.92. The first-order valence-electron chi connectivity index (χ1n) is 9.71. The van der Waals surface area contributed by atoms with Gasteiger partial charge in [0.05, 0.1) is 18.4 Å². The number of carbonyl (C=O) groups is 2. The van der Waals surface area contributed by atoms with Gasteiger partial charge in [0.2, 0.25) is 0 Å². The minimum atomic E-state index is -1.08. The van der Waals surface area contributed by atoms with Gasteiger partial charge in [-0.1, -0.05) is 6.07 Å². The molecule has 0 radical (unpaired) electrons. The van der Waals surface area contributed by atoms with Crippen molar-refractivity contribution in [1.82, 2.24) is 0 Å². The van der Waals surface area contributed by atoms with Gasteiger partial charge in [-0.05, 0) is 50.6 Å². The third kappa shape index (κ3) is 7.53. The molecule has 0 spiro atoms. The summed E-state index contributed by atoms with van der Waals surface area (Å²) in [5.74, 6) is -2.32. The molecule has 7 nitrogen and oxygen atoms in total. The maximum Gasteiger partial charge on any atom is 0.412 e. The van der Waals surface area contributed by atoms with Crippen LogP contribution in [0.5, 0.6) is 5.75 Å². The molecule has 1 amide bonds. The topological polar surface area (TPSA) is 94.1 Å². The summed E-state index contributed by atoms with van der Waals surface area (Å²) >= 11 is 0. The zero-order valence-corrected chi connectivity index (χ0v) is 17.5. The first-order valence-corrected chi connectivity index (χ1v) is 9.71. The van der Waals surface area contributed by atoms with Crippen molar-refractivity contribution in [1.29, 1.82) is 0 Å². The van der Waals surface area contributed by atoms with Gasteiger partial charge in [0.1, 0.15) is 24.0 Å². The van der Waals surface area contributed by atoms with Crippen LogP contribution in [0.15, 0.2) is 36.4 Å². The maximum absolute atomic E-state index is 13.7. The van der Waals surface area contributed by atoms with Gasteiger partial charge < -0.3 is 19.3 Å². The smallest absolute Gasteiger partial charge is 0.412 e. The molecule has 0 aliphatic rings. The number of carbonyl (C=O) groups excluding carboxylic acids is 1. The SMILES string of the molecule is CCOc1ccc(CC(OC(C)C)C(=O)O)cc1COC(=O)Nc1ccc(F)cc1F. The van der Waals surface area contributed by atoms with Crippen molar-refractivity contribution in [3.8, 4) is 5.75 Å². The van der Waals surface area contributed by atoms with Crippen LogP contribution < -0.4 is 10.1 Å². The zero-order chi connectivity index (χ0) is 23.0. The third-order valence-corrected chi connectivity index (χ3v) is 4.08. The van der Waals surface area contributed by atoms with Gasteiger partial charge in [0.15, 0.2) is 6.10 Å². The third-order valence-electron chi connectivity index (χ3n) is 4.08. The Morgan fingerprint density at radius 1 is 1.13 bits per heavy atom. The summed E-state index contributed by atoms with van der Waals surface area (Å²) in [4.78, 5) is 23.5. The molecule has 0 heterocycles. The van der Waals surface area contributed by atoms with E-state index >= 15 is 0 Å². The predicted octanol–water partition coefficient (Wildman–Crippen LogP) is 4.53. The molecule has 0 bridgehead atoms. The Morgan fingerprint density at radius 3 is 2.48 bits per heavy atom. The molecule has 2 rings (SSSR count). The predicted molar refractivity (Wildman–Crippen MR) is 109 cm³/mol. The van der Waals surface area contributed by atoms with Gasteiger partial charge in [-0.3, -0.25) is 5.32 Å². The van der Waals surface area contributed by atoms with Crippen LogP contribution in [0.2, 0.25) is 0 Å². The number of nitrogens with one attached hydrogen (secondary N) is 1. The first kappa shape index (κ1) is 24.1. The second-order valence-corrected chi connectivity index (χ2v) is 6.92. The Labute approximate surface area is 178 Å². The van der Waals surface area contributed by atoms with E-state index in [1.165, 1.54) is 0 Å². The standard InChI is InChI=1S/C22H25F2NO6/c1-4-29-19-8-5-14(10-20(21(26)27)31-13(2)3)9-15(19)12-30-22(28)25-18-7-6-16(23)11-17(18)24/h5-9,11,13,20H,4,10,12H2,1-3H3,(H,25,28)(H,26,27). The molecule has 2 N–H and O–H groups in total. The highest BCUT2D eigenvalue weighted by atomic mass is 19.1. The van der Waals surface area contributed by atoms with Crippen molar-refractivity contribution in [2.45, 2.75) is 46.0 Å². The van der Waals surface area contributed by atoms with Crippen LogP contribution in [-0.2, 0) is 27.3 Å². The Hall–Kier alpha value is -3.20. The molecule has 0 aromatic heterocycles. The van der Waals surface area contributed by atoms with Crippen LogP contribution in [0, 0.1) is 11.6 Å². The Bertz CT molecular complexity index is 919. The molecule has 1 atom stereocenters. The number of rotatable bonds is 10. The van der Waals surface area contributed by atoms with E-state index in [-0.39, 0.29) is 24.8 Å². The van der Waals surface area contributed by atoms with Crippen molar-refractivity contribution < 1.29 is 37.7 Å². The Kier molecular flexibility index (Phi) is 8.75. The molecular weight excluding hydrogens is 412 g/mol. The van der Waals surface area contributed by atoms with E-state index in [4.69, 9.17) is 14.2 Å². The summed E-state index contributed by atoms with van der Waals surface area (Å²) in [5.41, 5.74) is 0.933. The molecule has 1 unspecified atom stereocenters. The van der Waals surface area contributed by atoms with Crippen molar-refractivity contribution in [2.24, 2.45) is 0 Å². The van der Waals surface area contributed by atoms with E-state index in [9.17, 15) is 23.5 Å². The molecule has 0 saturated carbocycles. The number of anilines is 1. The number of hydrogen-bond acceptors (Lipinski definition) is 5. The number of amides is 1. The van der Waals surface area contributed by atoms with Gasteiger partial charge >= 0.3 is 12.1 Å². The van der Waals surface area contributed by atoms with E-state index < -0.39 is 29.8 Å². The fourth-order valence-corrected chi connectivity index (χ4v) is 2.79. The Balaban J connectivity index is 2.11. The van der Waals surface area contributed by atoms with Crippen LogP contribution in [0.3, 0.4) is 0 Å². The molecule has 0 aliphatic carbocycles. The van der Waals surface area contributed by atoms with Crippen molar-refractivity contribution >= 4 is 17.7 Å². The molecule has 2 aromatic rings. The summed E-state index contributed by atoms with van der Waals surface area (Å²) < 4.78 is 42.8. The highest BCUT2D eigenvalue weighted by molar-refractivity contribution is 5.84. The fourth-order valence-electron chi connectivity index (χ4n) is 2.79. The number of halogens is 2. The van der Waals surface area contributed by atoms with Crippen LogP contribution in [0.1, 0.15) is 31.9 Å². The summed E-state index contributed by atoms with van der Waals surface area (Å²) in [7, 11) is 0.